The van der Waals surface area contributed by atoms with Crippen molar-refractivity contribution in [2.75, 3.05) is 6.61 Å². The van der Waals surface area contributed by atoms with Gasteiger partial charge in [0.15, 0.2) is 0 Å². The number of aliphatic carboxylic acids is 1. The first-order chi connectivity index (χ1) is 8.16. The molecular weight excluding hydrogens is 244 g/mol. The van der Waals surface area contributed by atoms with Crippen LogP contribution in [-0.4, -0.2) is 26.0 Å². The van der Waals surface area contributed by atoms with E-state index >= 15 is 0 Å². The third kappa shape index (κ3) is 3.95. The van der Waals surface area contributed by atoms with Gasteiger partial charge >= 0.3 is 5.97 Å². The molecule has 0 aliphatic heterocycles. The molecule has 0 spiro atoms. The highest BCUT2D eigenvalue weighted by atomic mass is 28.4. The molecule has 0 heterocycles. The van der Waals surface area contributed by atoms with Gasteiger partial charge in [-0.15, -0.1) is 0 Å². The van der Waals surface area contributed by atoms with Crippen LogP contribution in [0.3, 0.4) is 0 Å². The van der Waals surface area contributed by atoms with Crippen molar-refractivity contribution in [3.63, 3.8) is 0 Å². The van der Waals surface area contributed by atoms with Crippen molar-refractivity contribution in [3.05, 3.63) is 11.6 Å². The predicted molar refractivity (Wildman–Crippen MR) is 78.4 cm³/mol. The standard InChI is InChI=1S/C14H28O3Si/c1-10(2)18(11(3)4,12(5)6)17-9-8-13(7)14(15)16/h8,10-12H,9H2,1-7H3,(H,15,16)/b13-8-. The van der Waals surface area contributed by atoms with Gasteiger partial charge in [0.05, 0.1) is 6.61 Å². The Morgan fingerprint density at radius 1 is 1.11 bits per heavy atom. The number of hydrogen-bond acceptors (Lipinski definition) is 2. The van der Waals surface area contributed by atoms with Gasteiger partial charge in [-0.2, -0.15) is 0 Å². The molecule has 4 heteroatoms. The first-order valence-electron chi connectivity index (χ1n) is 6.70. The molecule has 0 fully saturated rings. The predicted octanol–water partition coefficient (Wildman–Crippen LogP) is 4.21. The van der Waals surface area contributed by atoms with Crippen molar-refractivity contribution >= 4 is 14.3 Å². The zero-order valence-corrected chi connectivity index (χ0v) is 13.8. The first kappa shape index (κ1) is 17.4. The highest BCUT2D eigenvalue weighted by molar-refractivity contribution is 6.77. The van der Waals surface area contributed by atoms with Gasteiger partial charge in [-0.25, -0.2) is 4.79 Å². The molecule has 0 radical (unpaired) electrons. The molecule has 0 aromatic carbocycles. The summed E-state index contributed by atoms with van der Waals surface area (Å²) in [5, 5.41) is 8.83. The summed E-state index contributed by atoms with van der Waals surface area (Å²) < 4.78 is 6.23. The van der Waals surface area contributed by atoms with Gasteiger partial charge in [-0.3, -0.25) is 0 Å². The molecule has 0 aromatic rings. The topological polar surface area (TPSA) is 46.5 Å². The van der Waals surface area contributed by atoms with Crippen molar-refractivity contribution in [2.45, 2.75) is 65.1 Å². The van der Waals surface area contributed by atoms with E-state index in [0.29, 0.717) is 28.8 Å². The minimum absolute atomic E-state index is 0.356. The lowest BCUT2D eigenvalue weighted by Gasteiger charge is -2.41. The van der Waals surface area contributed by atoms with Crippen molar-refractivity contribution in [3.8, 4) is 0 Å². The molecule has 0 saturated carbocycles. The molecule has 0 aromatic heterocycles. The summed E-state index contributed by atoms with van der Waals surface area (Å²) in [6.45, 7) is 15.4. The van der Waals surface area contributed by atoms with Gasteiger partial charge in [0.25, 0.3) is 0 Å². The molecule has 18 heavy (non-hydrogen) atoms. The lowest BCUT2D eigenvalue weighted by Crippen LogP contribution is -2.47. The fraction of sp³-hybridized carbons (Fsp3) is 0.786. The molecule has 0 aliphatic carbocycles. The van der Waals surface area contributed by atoms with Crippen molar-refractivity contribution in [2.24, 2.45) is 0 Å². The Hall–Kier alpha value is -0.613. The maximum atomic E-state index is 10.7. The van der Waals surface area contributed by atoms with Gasteiger partial charge in [0.1, 0.15) is 0 Å². The second-order valence-corrected chi connectivity index (χ2v) is 11.3. The van der Waals surface area contributed by atoms with Gasteiger partial charge in [-0.05, 0) is 23.5 Å². The SMILES string of the molecule is C/C(=C/CO[Si](C(C)C)(C(C)C)C(C)C)C(=O)O. The smallest absolute Gasteiger partial charge is 0.331 e. The van der Waals surface area contributed by atoms with Crippen LogP contribution in [0.5, 0.6) is 0 Å². The Morgan fingerprint density at radius 2 is 1.50 bits per heavy atom. The quantitative estimate of drug-likeness (QED) is 0.558. The molecule has 0 amide bonds. The van der Waals surface area contributed by atoms with E-state index in [1.165, 1.54) is 0 Å². The molecule has 0 rings (SSSR count). The second-order valence-electron chi connectivity index (χ2n) is 5.82. The van der Waals surface area contributed by atoms with Crippen LogP contribution in [-0.2, 0) is 9.22 Å². The zero-order chi connectivity index (χ0) is 14.5. The fourth-order valence-corrected chi connectivity index (χ4v) is 8.27. The van der Waals surface area contributed by atoms with E-state index in [4.69, 9.17) is 9.53 Å². The average Bonchev–Trinajstić information content (AvgIpc) is 2.21. The largest absolute Gasteiger partial charge is 0.478 e. The van der Waals surface area contributed by atoms with Crippen LogP contribution in [0.15, 0.2) is 11.6 Å². The van der Waals surface area contributed by atoms with Gasteiger partial charge in [0, 0.05) is 5.57 Å². The summed E-state index contributed by atoms with van der Waals surface area (Å²) in [6.07, 6.45) is 1.68. The van der Waals surface area contributed by atoms with E-state index in [1.54, 1.807) is 13.0 Å². The summed E-state index contributed by atoms with van der Waals surface area (Å²) in [4.78, 5) is 10.7. The Labute approximate surface area is 112 Å². The van der Waals surface area contributed by atoms with Crippen LogP contribution >= 0.6 is 0 Å². The minimum Gasteiger partial charge on any atom is -0.478 e. The molecule has 106 valence electrons. The molecule has 1 N–H and O–H groups in total. The third-order valence-corrected chi connectivity index (χ3v) is 9.85. The van der Waals surface area contributed by atoms with Crippen LogP contribution in [0.1, 0.15) is 48.5 Å². The molecule has 0 saturated heterocycles. The van der Waals surface area contributed by atoms with E-state index < -0.39 is 14.3 Å². The molecule has 0 aliphatic rings. The maximum absolute atomic E-state index is 10.7. The molecule has 0 atom stereocenters. The Balaban J connectivity index is 4.93. The second kappa shape index (κ2) is 7.09. The first-order valence-corrected chi connectivity index (χ1v) is 8.84. The summed E-state index contributed by atoms with van der Waals surface area (Å²) in [6, 6.07) is 0. The molecule has 0 unspecified atom stereocenters. The Morgan fingerprint density at radius 3 is 1.78 bits per heavy atom. The number of carboxylic acid groups (broad SMARTS) is 1. The Bertz CT molecular complexity index is 284. The van der Waals surface area contributed by atoms with E-state index in [9.17, 15) is 4.79 Å². The third-order valence-electron chi connectivity index (χ3n) is 3.77. The summed E-state index contributed by atoms with van der Waals surface area (Å²) in [7, 11) is -1.87. The lowest BCUT2D eigenvalue weighted by molar-refractivity contribution is -0.132. The van der Waals surface area contributed by atoms with E-state index in [2.05, 4.69) is 41.5 Å². The summed E-state index contributed by atoms with van der Waals surface area (Å²) >= 11 is 0. The van der Waals surface area contributed by atoms with Crippen LogP contribution < -0.4 is 0 Å². The highest BCUT2D eigenvalue weighted by Crippen LogP contribution is 2.42. The average molecular weight is 272 g/mol. The Kier molecular flexibility index (Phi) is 6.85. The van der Waals surface area contributed by atoms with Gasteiger partial charge in [0.2, 0.25) is 8.32 Å². The van der Waals surface area contributed by atoms with Crippen LogP contribution in [0, 0.1) is 0 Å². The van der Waals surface area contributed by atoms with Crippen molar-refractivity contribution in [1.29, 1.82) is 0 Å². The maximum Gasteiger partial charge on any atom is 0.331 e. The zero-order valence-electron chi connectivity index (χ0n) is 12.8. The molecule has 3 nitrogen and oxygen atoms in total. The fourth-order valence-electron chi connectivity index (χ4n) is 2.90. The number of hydrogen-bond donors (Lipinski definition) is 1. The summed E-state index contributed by atoms with van der Waals surface area (Å²) in [5.41, 5.74) is 1.93. The van der Waals surface area contributed by atoms with Crippen LogP contribution in [0.4, 0.5) is 0 Å². The van der Waals surface area contributed by atoms with Crippen molar-refractivity contribution in [1.82, 2.24) is 0 Å². The highest BCUT2D eigenvalue weighted by Gasteiger charge is 2.44. The van der Waals surface area contributed by atoms with Gasteiger partial charge in [-0.1, -0.05) is 47.6 Å². The number of carboxylic acids is 1. The van der Waals surface area contributed by atoms with E-state index in [0.717, 1.165) is 0 Å². The van der Waals surface area contributed by atoms with Crippen LogP contribution in [0.25, 0.3) is 0 Å². The monoisotopic (exact) mass is 272 g/mol. The molecular formula is C14H28O3Si. The van der Waals surface area contributed by atoms with Crippen molar-refractivity contribution < 1.29 is 14.3 Å². The van der Waals surface area contributed by atoms with Crippen LogP contribution in [0.2, 0.25) is 16.6 Å². The minimum atomic E-state index is -1.87. The van der Waals surface area contributed by atoms with Gasteiger partial charge < -0.3 is 9.53 Å². The number of rotatable bonds is 7. The van der Waals surface area contributed by atoms with E-state index in [1.807, 2.05) is 0 Å². The normalized spacial score (nSPS) is 13.8. The summed E-state index contributed by atoms with van der Waals surface area (Å²) in [5.74, 6) is -0.871. The van der Waals surface area contributed by atoms with E-state index in [-0.39, 0.29) is 0 Å². The number of carbonyl (C=O) groups is 1. The molecule has 0 bridgehead atoms. The lowest BCUT2D eigenvalue weighted by atomic mass is 10.3.